The third-order valence-electron chi connectivity index (χ3n) is 3.73. The van der Waals surface area contributed by atoms with Crippen molar-refractivity contribution in [2.24, 2.45) is 0 Å². The molecule has 0 aliphatic heterocycles. The van der Waals surface area contributed by atoms with Crippen LogP contribution in [0.4, 0.5) is 0 Å². The SMILES string of the molecule is CC(C)(C)OC(=O)C(=Cc1ccc(CBr)c2ccccc12)C(=O)OC(C)(C)C. The van der Waals surface area contributed by atoms with Gasteiger partial charge >= 0.3 is 11.9 Å². The molecule has 0 atom stereocenters. The first-order valence-corrected chi connectivity index (χ1v) is 10.3. The molecule has 0 fully saturated rings. The van der Waals surface area contributed by atoms with Gasteiger partial charge in [-0.15, -0.1) is 0 Å². The Morgan fingerprint density at radius 1 is 0.857 bits per heavy atom. The number of esters is 2. The average molecular weight is 447 g/mol. The predicted octanol–water partition coefficient (Wildman–Crippen LogP) is 5.80. The Balaban J connectivity index is 2.60. The molecule has 0 N–H and O–H groups in total. The van der Waals surface area contributed by atoms with E-state index in [1.807, 2.05) is 36.4 Å². The van der Waals surface area contributed by atoms with E-state index in [2.05, 4.69) is 15.9 Å². The van der Waals surface area contributed by atoms with Gasteiger partial charge in [0, 0.05) is 5.33 Å². The maximum atomic E-state index is 12.8. The standard InChI is InChI=1S/C23H27BrO4/c1-22(2,3)27-20(25)19(21(26)28-23(4,5)6)13-15-11-12-16(14-24)18-10-8-7-9-17(15)18/h7-13H,14H2,1-6H3. The zero-order valence-corrected chi connectivity index (χ0v) is 18.8. The van der Waals surface area contributed by atoms with Gasteiger partial charge in [0.2, 0.25) is 0 Å². The highest BCUT2D eigenvalue weighted by Gasteiger charge is 2.29. The van der Waals surface area contributed by atoms with Crippen LogP contribution in [0, 0.1) is 0 Å². The Bertz CT molecular complexity index is 884. The Hall–Kier alpha value is -2.14. The van der Waals surface area contributed by atoms with Gasteiger partial charge in [0.15, 0.2) is 0 Å². The average Bonchev–Trinajstić information content (AvgIpc) is 2.56. The number of hydrogen-bond donors (Lipinski definition) is 0. The van der Waals surface area contributed by atoms with Crippen LogP contribution in [-0.2, 0) is 24.4 Å². The molecular weight excluding hydrogens is 420 g/mol. The summed E-state index contributed by atoms with van der Waals surface area (Å²) in [5, 5.41) is 2.72. The number of alkyl halides is 1. The summed E-state index contributed by atoms with van der Waals surface area (Å²) in [6.45, 7) is 10.6. The summed E-state index contributed by atoms with van der Waals surface area (Å²) in [5.74, 6) is -1.40. The van der Waals surface area contributed by atoms with Crippen molar-refractivity contribution in [3.05, 3.63) is 53.1 Å². The molecule has 2 rings (SSSR count). The zero-order valence-electron chi connectivity index (χ0n) is 17.3. The second-order valence-corrected chi connectivity index (χ2v) is 9.12. The highest BCUT2D eigenvalue weighted by atomic mass is 79.9. The number of fused-ring (bicyclic) bond motifs is 1. The molecular formula is C23H27BrO4. The Kier molecular flexibility index (Phi) is 6.71. The second kappa shape index (κ2) is 8.48. The molecule has 0 spiro atoms. The lowest BCUT2D eigenvalue weighted by molar-refractivity contribution is -0.158. The highest BCUT2D eigenvalue weighted by Crippen LogP contribution is 2.27. The first-order chi connectivity index (χ1) is 12.9. The van der Waals surface area contributed by atoms with E-state index in [0.29, 0.717) is 5.33 Å². The van der Waals surface area contributed by atoms with Crippen molar-refractivity contribution in [3.8, 4) is 0 Å². The van der Waals surface area contributed by atoms with Crippen LogP contribution in [0.5, 0.6) is 0 Å². The van der Waals surface area contributed by atoms with Crippen LogP contribution in [0.1, 0.15) is 52.7 Å². The summed E-state index contributed by atoms with van der Waals surface area (Å²) < 4.78 is 10.9. The van der Waals surface area contributed by atoms with Crippen molar-refractivity contribution in [1.29, 1.82) is 0 Å². The van der Waals surface area contributed by atoms with Crippen LogP contribution in [0.15, 0.2) is 42.0 Å². The van der Waals surface area contributed by atoms with Crippen molar-refractivity contribution in [2.75, 3.05) is 0 Å². The molecule has 0 amide bonds. The Morgan fingerprint density at radius 3 is 1.82 bits per heavy atom. The van der Waals surface area contributed by atoms with Crippen molar-refractivity contribution in [3.63, 3.8) is 0 Å². The number of carbonyl (C=O) groups excluding carboxylic acids is 2. The van der Waals surface area contributed by atoms with E-state index in [0.717, 1.165) is 21.9 Å². The molecule has 150 valence electrons. The number of hydrogen-bond acceptors (Lipinski definition) is 4. The molecule has 0 saturated carbocycles. The van der Waals surface area contributed by atoms with Gasteiger partial charge in [0.1, 0.15) is 16.8 Å². The minimum absolute atomic E-state index is 0.124. The van der Waals surface area contributed by atoms with Crippen molar-refractivity contribution < 1.29 is 19.1 Å². The number of carbonyl (C=O) groups is 2. The lowest BCUT2D eigenvalue weighted by Crippen LogP contribution is -2.31. The normalized spacial score (nSPS) is 11.8. The summed E-state index contributed by atoms with van der Waals surface area (Å²) in [5.41, 5.74) is 0.317. The molecule has 2 aromatic carbocycles. The summed E-state index contributed by atoms with van der Waals surface area (Å²) in [4.78, 5) is 25.5. The lowest BCUT2D eigenvalue weighted by atomic mass is 9.98. The number of rotatable bonds is 4. The molecule has 0 bridgehead atoms. The van der Waals surface area contributed by atoms with E-state index >= 15 is 0 Å². The van der Waals surface area contributed by atoms with E-state index in [1.165, 1.54) is 0 Å². The van der Waals surface area contributed by atoms with Crippen LogP contribution in [0.2, 0.25) is 0 Å². The quantitative estimate of drug-likeness (QED) is 0.195. The highest BCUT2D eigenvalue weighted by molar-refractivity contribution is 9.08. The second-order valence-electron chi connectivity index (χ2n) is 8.55. The van der Waals surface area contributed by atoms with Crippen molar-refractivity contribution in [1.82, 2.24) is 0 Å². The van der Waals surface area contributed by atoms with E-state index in [9.17, 15) is 9.59 Å². The molecule has 0 aliphatic rings. The van der Waals surface area contributed by atoms with Crippen LogP contribution in [0.3, 0.4) is 0 Å². The van der Waals surface area contributed by atoms with Crippen LogP contribution in [0.25, 0.3) is 16.8 Å². The zero-order chi connectivity index (χ0) is 21.1. The molecule has 0 saturated heterocycles. The molecule has 0 aromatic heterocycles. The Labute approximate surface area is 175 Å². The third kappa shape index (κ3) is 5.93. The minimum Gasteiger partial charge on any atom is -0.456 e. The van der Waals surface area contributed by atoms with Gasteiger partial charge in [-0.3, -0.25) is 0 Å². The van der Waals surface area contributed by atoms with Gasteiger partial charge in [0.05, 0.1) is 0 Å². The fourth-order valence-corrected chi connectivity index (χ4v) is 3.14. The minimum atomic E-state index is -0.722. The van der Waals surface area contributed by atoms with Crippen molar-refractivity contribution in [2.45, 2.75) is 58.1 Å². The van der Waals surface area contributed by atoms with Gasteiger partial charge < -0.3 is 9.47 Å². The largest absolute Gasteiger partial charge is 0.456 e. The van der Waals surface area contributed by atoms with E-state index in [4.69, 9.17) is 9.47 Å². The summed E-state index contributed by atoms with van der Waals surface area (Å²) >= 11 is 3.50. The molecule has 0 unspecified atom stereocenters. The van der Waals surface area contributed by atoms with Crippen LogP contribution < -0.4 is 0 Å². The lowest BCUT2D eigenvalue weighted by Gasteiger charge is -2.23. The van der Waals surface area contributed by atoms with E-state index in [1.54, 1.807) is 47.6 Å². The molecule has 0 aliphatic carbocycles. The van der Waals surface area contributed by atoms with Gasteiger partial charge in [0.25, 0.3) is 0 Å². The number of halogens is 1. The Morgan fingerprint density at radius 2 is 1.36 bits per heavy atom. The topological polar surface area (TPSA) is 52.6 Å². The van der Waals surface area contributed by atoms with Gasteiger partial charge in [-0.1, -0.05) is 52.3 Å². The molecule has 0 heterocycles. The molecule has 0 radical (unpaired) electrons. The van der Waals surface area contributed by atoms with Gasteiger partial charge in [-0.2, -0.15) is 0 Å². The third-order valence-corrected chi connectivity index (χ3v) is 4.33. The fourth-order valence-electron chi connectivity index (χ4n) is 2.65. The number of benzene rings is 2. The maximum Gasteiger partial charge on any atom is 0.346 e. The maximum absolute atomic E-state index is 12.8. The molecule has 5 heteroatoms. The summed E-state index contributed by atoms with van der Waals surface area (Å²) in [7, 11) is 0. The van der Waals surface area contributed by atoms with E-state index in [-0.39, 0.29) is 5.57 Å². The summed E-state index contributed by atoms with van der Waals surface area (Å²) in [6, 6.07) is 11.8. The smallest absolute Gasteiger partial charge is 0.346 e. The van der Waals surface area contributed by atoms with Crippen LogP contribution >= 0.6 is 15.9 Å². The predicted molar refractivity (Wildman–Crippen MR) is 116 cm³/mol. The molecule has 4 nitrogen and oxygen atoms in total. The van der Waals surface area contributed by atoms with Gasteiger partial charge in [-0.05, 0) is 69.5 Å². The first-order valence-electron chi connectivity index (χ1n) is 9.16. The first kappa shape index (κ1) is 22.2. The monoisotopic (exact) mass is 446 g/mol. The molecule has 28 heavy (non-hydrogen) atoms. The summed E-state index contributed by atoms with van der Waals surface area (Å²) in [6.07, 6.45) is 1.56. The molecule has 2 aromatic rings. The van der Waals surface area contributed by atoms with Crippen molar-refractivity contribution >= 4 is 44.7 Å². The van der Waals surface area contributed by atoms with Gasteiger partial charge in [-0.25, -0.2) is 9.59 Å². The fraction of sp³-hybridized carbons (Fsp3) is 0.391. The number of ether oxygens (including phenoxy) is 2. The van der Waals surface area contributed by atoms with E-state index < -0.39 is 23.1 Å². The van der Waals surface area contributed by atoms with Crippen LogP contribution in [-0.4, -0.2) is 23.1 Å².